The number of fused-ring (bicyclic) bond motifs is 1. The molecule has 0 saturated carbocycles. The molecule has 0 aliphatic carbocycles. The van der Waals surface area contributed by atoms with E-state index >= 15 is 0 Å². The third-order valence-electron chi connectivity index (χ3n) is 2.77. The van der Waals surface area contributed by atoms with E-state index in [1.807, 2.05) is 0 Å². The van der Waals surface area contributed by atoms with Crippen LogP contribution in [0.5, 0.6) is 0 Å². The van der Waals surface area contributed by atoms with E-state index in [1.165, 1.54) is 22.7 Å². The minimum atomic E-state index is -1.11. The second-order valence-electron chi connectivity index (χ2n) is 4.13. The van der Waals surface area contributed by atoms with Crippen LogP contribution in [0.2, 0.25) is 0 Å². The van der Waals surface area contributed by atoms with Crippen molar-refractivity contribution >= 4 is 11.6 Å². The molecule has 0 amide bonds. The van der Waals surface area contributed by atoms with Crippen molar-refractivity contribution in [3.63, 3.8) is 0 Å². The van der Waals surface area contributed by atoms with Crippen LogP contribution in [0.3, 0.4) is 0 Å². The van der Waals surface area contributed by atoms with E-state index in [-0.39, 0.29) is 17.0 Å². The summed E-state index contributed by atoms with van der Waals surface area (Å²) >= 11 is 0. The van der Waals surface area contributed by atoms with Crippen molar-refractivity contribution in [2.45, 2.75) is 0 Å². The van der Waals surface area contributed by atoms with Crippen LogP contribution >= 0.6 is 0 Å². The van der Waals surface area contributed by atoms with Crippen molar-refractivity contribution in [1.29, 1.82) is 0 Å². The summed E-state index contributed by atoms with van der Waals surface area (Å²) in [7, 11) is 0. The highest BCUT2D eigenvalue weighted by molar-refractivity contribution is 5.87. The number of carboxylic acids is 1. The van der Waals surface area contributed by atoms with Crippen LogP contribution in [-0.4, -0.2) is 25.7 Å². The summed E-state index contributed by atoms with van der Waals surface area (Å²) < 4.78 is 27.8. The van der Waals surface area contributed by atoms with E-state index in [2.05, 4.69) is 10.2 Å². The molecular weight excluding hydrogens is 268 g/mol. The van der Waals surface area contributed by atoms with Gasteiger partial charge in [-0.15, -0.1) is 10.2 Å². The second kappa shape index (κ2) is 4.37. The Kier molecular flexibility index (Phi) is 2.67. The van der Waals surface area contributed by atoms with Gasteiger partial charge in [0.2, 0.25) is 0 Å². The molecule has 0 aliphatic heterocycles. The Hall–Kier alpha value is -2.83. The normalized spacial score (nSPS) is 10.9. The summed E-state index contributed by atoms with van der Waals surface area (Å²) in [6.07, 6.45) is 1.30. The molecule has 0 fully saturated rings. The van der Waals surface area contributed by atoms with Crippen LogP contribution in [0.1, 0.15) is 10.4 Å². The van der Waals surface area contributed by atoms with E-state index in [4.69, 9.17) is 5.11 Å². The first kappa shape index (κ1) is 12.2. The Morgan fingerprint density at radius 3 is 2.45 bits per heavy atom. The molecule has 0 spiro atoms. The summed E-state index contributed by atoms with van der Waals surface area (Å²) in [4.78, 5) is 10.9. The first-order valence-corrected chi connectivity index (χ1v) is 5.59. The Labute approximate surface area is 111 Å². The Morgan fingerprint density at radius 1 is 1.10 bits per heavy atom. The van der Waals surface area contributed by atoms with Gasteiger partial charge in [-0.05, 0) is 24.3 Å². The molecule has 0 radical (unpaired) electrons. The number of carboxylic acid groups (broad SMARTS) is 1. The molecule has 0 saturated heterocycles. The molecule has 100 valence electrons. The van der Waals surface area contributed by atoms with Gasteiger partial charge in [0.25, 0.3) is 0 Å². The quantitative estimate of drug-likeness (QED) is 0.779. The smallest absolute Gasteiger partial charge is 0.337 e. The molecule has 3 aromatic rings. The average molecular weight is 275 g/mol. The fraction of sp³-hybridized carbons (Fsp3) is 0. The van der Waals surface area contributed by atoms with Crippen LogP contribution in [0.4, 0.5) is 8.78 Å². The SMILES string of the molecule is O=C(O)c1ccc2nnc(-c3cc(F)cc(F)c3)n2c1. The summed E-state index contributed by atoms with van der Waals surface area (Å²) in [5.41, 5.74) is 0.586. The number of aromatic nitrogens is 3. The molecule has 7 heteroatoms. The van der Waals surface area contributed by atoms with Gasteiger partial charge in [-0.1, -0.05) is 0 Å². The van der Waals surface area contributed by atoms with Gasteiger partial charge in [0.1, 0.15) is 11.6 Å². The van der Waals surface area contributed by atoms with E-state index < -0.39 is 17.6 Å². The van der Waals surface area contributed by atoms with Crippen LogP contribution in [0.25, 0.3) is 17.0 Å². The molecule has 2 heterocycles. The minimum Gasteiger partial charge on any atom is -0.478 e. The number of rotatable bonds is 2. The topological polar surface area (TPSA) is 67.5 Å². The largest absolute Gasteiger partial charge is 0.478 e. The zero-order valence-corrected chi connectivity index (χ0v) is 9.92. The third-order valence-corrected chi connectivity index (χ3v) is 2.77. The molecule has 0 unspecified atom stereocenters. The number of benzene rings is 1. The Morgan fingerprint density at radius 2 is 1.80 bits per heavy atom. The Balaban J connectivity index is 2.25. The fourth-order valence-electron chi connectivity index (χ4n) is 1.90. The van der Waals surface area contributed by atoms with Crippen molar-refractivity contribution < 1.29 is 18.7 Å². The molecule has 0 aliphatic rings. The van der Waals surface area contributed by atoms with Gasteiger partial charge >= 0.3 is 5.97 Å². The van der Waals surface area contributed by atoms with E-state index in [0.717, 1.165) is 18.2 Å². The number of pyridine rings is 1. The summed E-state index contributed by atoms with van der Waals surface area (Å²) in [6.45, 7) is 0. The van der Waals surface area contributed by atoms with Crippen molar-refractivity contribution in [2.24, 2.45) is 0 Å². The number of nitrogens with zero attached hydrogens (tertiary/aromatic N) is 3. The van der Waals surface area contributed by atoms with Crippen molar-refractivity contribution in [2.75, 3.05) is 0 Å². The number of hydrogen-bond donors (Lipinski definition) is 1. The monoisotopic (exact) mass is 275 g/mol. The predicted octanol–water partition coefficient (Wildman–Crippen LogP) is 2.37. The molecule has 3 rings (SSSR count). The van der Waals surface area contributed by atoms with Gasteiger partial charge in [0.05, 0.1) is 5.56 Å². The lowest BCUT2D eigenvalue weighted by atomic mass is 10.2. The van der Waals surface area contributed by atoms with Crippen molar-refractivity contribution in [3.8, 4) is 11.4 Å². The molecule has 5 nitrogen and oxygen atoms in total. The van der Waals surface area contributed by atoms with Gasteiger partial charge in [-0.2, -0.15) is 0 Å². The standard InChI is InChI=1S/C13H7F2N3O2/c14-9-3-8(4-10(15)5-9)12-17-16-11-2-1-7(13(19)20)6-18(11)12/h1-6H,(H,19,20). The molecule has 1 aromatic carbocycles. The van der Waals surface area contributed by atoms with Gasteiger partial charge in [0.15, 0.2) is 11.5 Å². The maximum Gasteiger partial charge on any atom is 0.337 e. The molecule has 0 atom stereocenters. The first-order valence-electron chi connectivity index (χ1n) is 5.59. The van der Waals surface area contributed by atoms with E-state index in [1.54, 1.807) is 0 Å². The van der Waals surface area contributed by atoms with Crippen LogP contribution in [0, 0.1) is 11.6 Å². The maximum absolute atomic E-state index is 13.2. The number of hydrogen-bond acceptors (Lipinski definition) is 3. The van der Waals surface area contributed by atoms with E-state index in [0.29, 0.717) is 5.65 Å². The van der Waals surface area contributed by atoms with E-state index in [9.17, 15) is 13.6 Å². The van der Waals surface area contributed by atoms with Crippen LogP contribution in [0.15, 0.2) is 36.5 Å². The van der Waals surface area contributed by atoms with Crippen LogP contribution in [-0.2, 0) is 0 Å². The highest BCUT2D eigenvalue weighted by atomic mass is 19.1. The minimum absolute atomic E-state index is 0.0235. The summed E-state index contributed by atoms with van der Waals surface area (Å²) in [6, 6.07) is 5.80. The maximum atomic E-state index is 13.2. The van der Waals surface area contributed by atoms with Gasteiger partial charge in [-0.25, -0.2) is 13.6 Å². The number of carbonyl (C=O) groups is 1. The third kappa shape index (κ3) is 1.99. The predicted molar refractivity (Wildman–Crippen MR) is 65.3 cm³/mol. The molecule has 0 bridgehead atoms. The summed E-state index contributed by atoms with van der Waals surface area (Å²) in [5.74, 6) is -2.43. The lowest BCUT2D eigenvalue weighted by molar-refractivity contribution is 0.0696. The molecule has 1 N–H and O–H groups in total. The zero-order chi connectivity index (χ0) is 14.3. The van der Waals surface area contributed by atoms with Crippen molar-refractivity contribution in [3.05, 3.63) is 53.7 Å². The number of aromatic carboxylic acids is 1. The Bertz CT molecular complexity index is 809. The molecular formula is C13H7F2N3O2. The van der Waals surface area contributed by atoms with Gasteiger partial charge in [0, 0.05) is 17.8 Å². The lowest BCUT2D eigenvalue weighted by Crippen LogP contribution is -1.99. The first-order chi connectivity index (χ1) is 9.54. The molecule has 2 aromatic heterocycles. The average Bonchev–Trinajstić information content (AvgIpc) is 2.80. The van der Waals surface area contributed by atoms with Gasteiger partial charge < -0.3 is 5.11 Å². The highest BCUT2D eigenvalue weighted by Gasteiger charge is 2.12. The zero-order valence-electron chi connectivity index (χ0n) is 9.92. The second-order valence-corrected chi connectivity index (χ2v) is 4.13. The highest BCUT2D eigenvalue weighted by Crippen LogP contribution is 2.21. The van der Waals surface area contributed by atoms with Crippen molar-refractivity contribution in [1.82, 2.24) is 14.6 Å². The van der Waals surface area contributed by atoms with Gasteiger partial charge in [-0.3, -0.25) is 4.40 Å². The summed E-state index contributed by atoms with van der Waals surface area (Å²) in [5, 5.41) is 16.6. The molecule has 20 heavy (non-hydrogen) atoms. The van der Waals surface area contributed by atoms with Crippen LogP contribution < -0.4 is 0 Å². The number of halogens is 2. The lowest BCUT2D eigenvalue weighted by Gasteiger charge is -2.02. The fourth-order valence-corrected chi connectivity index (χ4v) is 1.90.